The lowest BCUT2D eigenvalue weighted by Gasteiger charge is -2.37. The largest absolute Gasteiger partial charge is 0.371 e. The fourth-order valence-electron chi connectivity index (χ4n) is 5.56. The number of aromatic nitrogens is 2. The first-order valence-electron chi connectivity index (χ1n) is 12.9. The van der Waals surface area contributed by atoms with Gasteiger partial charge in [-0.2, -0.15) is 5.26 Å². The van der Waals surface area contributed by atoms with E-state index in [0.29, 0.717) is 21.2 Å². The molecule has 2 aromatic carbocycles. The van der Waals surface area contributed by atoms with Gasteiger partial charge in [-0.05, 0) is 69.7 Å². The maximum absolute atomic E-state index is 11.9. The quantitative estimate of drug-likeness (QED) is 0.356. The Morgan fingerprint density at radius 1 is 1.19 bits per heavy atom. The Hall–Kier alpha value is -2.95. The van der Waals surface area contributed by atoms with Crippen molar-refractivity contribution < 1.29 is 4.79 Å². The molecule has 2 heterocycles. The van der Waals surface area contributed by atoms with Crippen molar-refractivity contribution in [2.75, 3.05) is 28.6 Å². The van der Waals surface area contributed by atoms with Crippen LogP contribution in [0.4, 0.5) is 17.3 Å². The third kappa shape index (κ3) is 4.73. The molecule has 0 atom stereocenters. The van der Waals surface area contributed by atoms with Gasteiger partial charge in [0.1, 0.15) is 5.52 Å². The molecule has 0 bridgehead atoms. The topological polar surface area (TPSA) is 86.0 Å². The Morgan fingerprint density at radius 2 is 1.86 bits per heavy atom. The van der Waals surface area contributed by atoms with Crippen LogP contribution in [0.5, 0.6) is 0 Å². The number of nitriles is 1. The van der Waals surface area contributed by atoms with Gasteiger partial charge in [0, 0.05) is 37.8 Å². The summed E-state index contributed by atoms with van der Waals surface area (Å²) in [6.07, 6.45) is 4.90. The molecule has 1 amide bonds. The highest BCUT2D eigenvalue weighted by Gasteiger charge is 2.39. The lowest BCUT2D eigenvalue weighted by molar-refractivity contribution is -0.114. The van der Waals surface area contributed by atoms with E-state index in [2.05, 4.69) is 64.3 Å². The third-order valence-corrected chi connectivity index (χ3v) is 8.42. The van der Waals surface area contributed by atoms with Crippen molar-refractivity contribution in [3.8, 4) is 6.07 Å². The number of nitrogens with one attached hydrogen (secondary N) is 2. The number of piperidine rings is 1. The van der Waals surface area contributed by atoms with Crippen LogP contribution in [-0.2, 0) is 10.2 Å². The molecule has 0 spiro atoms. The molecule has 1 aliphatic heterocycles. The van der Waals surface area contributed by atoms with Gasteiger partial charge in [-0.15, -0.1) is 0 Å². The van der Waals surface area contributed by atoms with E-state index >= 15 is 0 Å². The van der Waals surface area contributed by atoms with Gasteiger partial charge in [-0.3, -0.25) is 4.79 Å². The molecule has 1 aliphatic carbocycles. The van der Waals surface area contributed by atoms with Crippen LogP contribution in [0.25, 0.3) is 11.0 Å². The summed E-state index contributed by atoms with van der Waals surface area (Å²) >= 11 is 13.0. The second-order valence-corrected chi connectivity index (χ2v) is 11.3. The molecular formula is C28H32Cl2N6O. The molecule has 2 aliphatic rings. The van der Waals surface area contributed by atoms with Crippen LogP contribution >= 0.6 is 23.2 Å². The van der Waals surface area contributed by atoms with Crippen LogP contribution in [-0.4, -0.2) is 34.6 Å². The highest BCUT2D eigenvalue weighted by Crippen LogP contribution is 2.44. The van der Waals surface area contributed by atoms with Gasteiger partial charge < -0.3 is 20.1 Å². The third-order valence-electron chi connectivity index (χ3n) is 7.63. The summed E-state index contributed by atoms with van der Waals surface area (Å²) in [6, 6.07) is 13.4. The second kappa shape index (κ2) is 10.1. The molecule has 1 aromatic heterocycles. The molecule has 2 fully saturated rings. The molecule has 2 N–H and O–H groups in total. The van der Waals surface area contributed by atoms with Crippen LogP contribution in [0.1, 0.15) is 64.5 Å². The fraction of sp³-hybridized carbons (Fsp3) is 0.464. The Labute approximate surface area is 227 Å². The van der Waals surface area contributed by atoms with Crippen molar-refractivity contribution in [2.45, 2.75) is 70.4 Å². The summed E-state index contributed by atoms with van der Waals surface area (Å²) in [5.41, 5.74) is 3.97. The van der Waals surface area contributed by atoms with Crippen LogP contribution in [0, 0.1) is 11.3 Å². The van der Waals surface area contributed by atoms with E-state index in [1.807, 2.05) is 6.07 Å². The number of nitrogens with zero attached hydrogens (tertiary/aromatic N) is 4. The average Bonchev–Trinajstić information content (AvgIpc) is 3.18. The van der Waals surface area contributed by atoms with Crippen LogP contribution in [0.3, 0.4) is 0 Å². The predicted octanol–water partition coefficient (Wildman–Crippen LogP) is 6.91. The normalized spacial score (nSPS) is 17.5. The van der Waals surface area contributed by atoms with Gasteiger partial charge in [-0.25, -0.2) is 4.98 Å². The second-order valence-electron chi connectivity index (χ2n) is 10.5. The maximum Gasteiger partial charge on any atom is 0.221 e. The monoisotopic (exact) mass is 538 g/mol. The molecule has 1 saturated heterocycles. The molecule has 7 nitrogen and oxygen atoms in total. The number of hydrogen-bond acceptors (Lipinski definition) is 5. The minimum atomic E-state index is -0.284. The van der Waals surface area contributed by atoms with Gasteiger partial charge >= 0.3 is 0 Å². The van der Waals surface area contributed by atoms with E-state index in [4.69, 9.17) is 28.2 Å². The zero-order chi connectivity index (χ0) is 26.3. The Kier molecular flexibility index (Phi) is 6.99. The highest BCUT2D eigenvalue weighted by molar-refractivity contribution is 6.45. The predicted molar refractivity (Wildman–Crippen MR) is 151 cm³/mol. The van der Waals surface area contributed by atoms with Crippen molar-refractivity contribution in [3.63, 3.8) is 0 Å². The smallest absolute Gasteiger partial charge is 0.221 e. The molecule has 5 rings (SSSR count). The van der Waals surface area contributed by atoms with E-state index in [-0.39, 0.29) is 23.4 Å². The summed E-state index contributed by atoms with van der Waals surface area (Å²) in [5, 5.41) is 16.6. The van der Waals surface area contributed by atoms with Crippen LogP contribution in [0.15, 0.2) is 30.3 Å². The van der Waals surface area contributed by atoms with Crippen LogP contribution in [0.2, 0.25) is 10.0 Å². The molecule has 194 valence electrons. The highest BCUT2D eigenvalue weighted by atomic mass is 35.5. The number of carbonyl (C=O) groups excluding carboxylic acids is 1. The number of halogens is 2. The van der Waals surface area contributed by atoms with Crippen molar-refractivity contribution in [1.82, 2.24) is 9.55 Å². The summed E-state index contributed by atoms with van der Waals surface area (Å²) in [6.45, 7) is 7.39. The SMILES string of the molecule is CC(=O)Nc1c(Cl)c(Cl)cc2c1nc(NC(C)C)n2C1CCN(c2ccc(C3(C#N)CCC3)cc2)CC1. The number of carbonyl (C=O) groups is 1. The lowest BCUT2D eigenvalue weighted by Crippen LogP contribution is -2.35. The van der Waals surface area contributed by atoms with Gasteiger partial charge in [0.25, 0.3) is 0 Å². The lowest BCUT2D eigenvalue weighted by atomic mass is 9.65. The first-order valence-corrected chi connectivity index (χ1v) is 13.7. The van der Waals surface area contributed by atoms with Crippen molar-refractivity contribution in [3.05, 3.63) is 45.9 Å². The van der Waals surface area contributed by atoms with E-state index in [9.17, 15) is 10.1 Å². The molecular weight excluding hydrogens is 507 g/mol. The Morgan fingerprint density at radius 3 is 2.41 bits per heavy atom. The fourth-order valence-corrected chi connectivity index (χ4v) is 5.95. The zero-order valence-electron chi connectivity index (χ0n) is 21.4. The van der Waals surface area contributed by atoms with Crippen molar-refractivity contribution in [1.29, 1.82) is 5.26 Å². The summed E-state index contributed by atoms with van der Waals surface area (Å²) in [5.74, 6) is 0.524. The number of amides is 1. The first-order chi connectivity index (χ1) is 17.7. The van der Waals surface area contributed by atoms with E-state index in [1.165, 1.54) is 12.6 Å². The molecule has 1 saturated carbocycles. The number of benzene rings is 2. The number of anilines is 3. The Bertz CT molecular complexity index is 1360. The molecule has 0 radical (unpaired) electrons. The number of rotatable bonds is 6. The van der Waals surface area contributed by atoms with Gasteiger partial charge in [0.05, 0.1) is 32.7 Å². The van der Waals surface area contributed by atoms with Gasteiger partial charge in [-0.1, -0.05) is 35.3 Å². The molecule has 37 heavy (non-hydrogen) atoms. The minimum absolute atomic E-state index is 0.177. The van der Waals surface area contributed by atoms with E-state index in [1.54, 1.807) is 0 Å². The van der Waals surface area contributed by atoms with Gasteiger partial charge in [0.2, 0.25) is 11.9 Å². The van der Waals surface area contributed by atoms with E-state index < -0.39 is 0 Å². The van der Waals surface area contributed by atoms with Gasteiger partial charge in [0.15, 0.2) is 0 Å². The standard InChI is InChI=1S/C28H32Cl2N6O/c1-17(2)32-27-34-25-23(15-22(29)24(30)26(25)33-18(3)37)36(27)21-9-13-35(14-10-21)20-7-5-19(6-8-20)28(16-31)11-4-12-28/h5-8,15,17,21H,4,9-14H2,1-3H3,(H,32,34)(H,33,37). The molecule has 0 unspecified atom stereocenters. The number of hydrogen-bond donors (Lipinski definition) is 2. The molecule has 9 heteroatoms. The summed E-state index contributed by atoms with van der Waals surface area (Å²) in [4.78, 5) is 19.2. The number of imidazole rings is 1. The zero-order valence-corrected chi connectivity index (χ0v) is 23.0. The minimum Gasteiger partial charge on any atom is -0.371 e. The molecule has 3 aromatic rings. The van der Waals surface area contributed by atoms with Crippen molar-refractivity contribution >= 4 is 57.5 Å². The van der Waals surface area contributed by atoms with Crippen LogP contribution < -0.4 is 15.5 Å². The first kappa shape index (κ1) is 25.7. The Balaban J connectivity index is 1.42. The number of fused-ring (bicyclic) bond motifs is 1. The summed E-state index contributed by atoms with van der Waals surface area (Å²) < 4.78 is 2.22. The van der Waals surface area contributed by atoms with Crippen molar-refractivity contribution in [2.24, 2.45) is 0 Å². The van der Waals surface area contributed by atoms with E-state index in [0.717, 1.165) is 62.2 Å². The summed E-state index contributed by atoms with van der Waals surface area (Å²) in [7, 11) is 0. The average molecular weight is 540 g/mol. The maximum atomic E-state index is 11.9.